The third-order valence-corrected chi connectivity index (χ3v) is 4.78. The fraction of sp³-hybridized carbons (Fsp3) is 0.333. The van der Waals surface area contributed by atoms with E-state index in [1.807, 2.05) is 24.3 Å². The molecule has 2 aromatic carbocycles. The number of esters is 1. The van der Waals surface area contributed by atoms with Crippen molar-refractivity contribution in [3.63, 3.8) is 0 Å². The number of nitrogens with zero attached hydrogens (tertiary/aromatic N) is 2. The fourth-order valence-electron chi connectivity index (χ4n) is 3.05. The predicted octanol–water partition coefficient (Wildman–Crippen LogP) is 2.28. The van der Waals surface area contributed by atoms with Crippen molar-refractivity contribution in [1.29, 1.82) is 0 Å². The van der Waals surface area contributed by atoms with Crippen LogP contribution in [0.25, 0.3) is 0 Å². The molecule has 28 heavy (non-hydrogen) atoms. The van der Waals surface area contributed by atoms with E-state index in [1.54, 1.807) is 24.3 Å². The highest BCUT2D eigenvalue weighted by atomic mass is 16.5. The predicted molar refractivity (Wildman–Crippen MR) is 111 cm³/mol. The van der Waals surface area contributed by atoms with Crippen molar-refractivity contribution in [1.82, 2.24) is 4.90 Å². The first-order valence-corrected chi connectivity index (χ1v) is 9.31. The molecule has 2 aromatic rings. The molecule has 1 saturated heterocycles. The molecule has 7 heteroatoms. The Hall–Kier alpha value is -3.06. The number of ether oxygens (including phenoxy) is 1. The van der Waals surface area contributed by atoms with Crippen LogP contribution >= 0.6 is 0 Å². The second-order valence-electron chi connectivity index (χ2n) is 6.81. The van der Waals surface area contributed by atoms with Gasteiger partial charge in [0.05, 0.1) is 19.2 Å². The Labute approximate surface area is 165 Å². The maximum Gasteiger partial charge on any atom is 0.337 e. The highest BCUT2D eigenvalue weighted by Gasteiger charge is 2.14. The number of hydrogen-bond acceptors (Lipinski definition) is 6. The van der Waals surface area contributed by atoms with Gasteiger partial charge in [-0.3, -0.25) is 4.79 Å². The van der Waals surface area contributed by atoms with Crippen LogP contribution in [0.2, 0.25) is 0 Å². The van der Waals surface area contributed by atoms with Crippen LogP contribution in [0, 0.1) is 0 Å². The molecule has 0 atom stereocenters. The summed E-state index contributed by atoms with van der Waals surface area (Å²) in [5.74, 6) is -0.520. The molecule has 0 saturated carbocycles. The highest BCUT2D eigenvalue weighted by Crippen LogP contribution is 2.19. The zero-order valence-corrected chi connectivity index (χ0v) is 16.3. The molecule has 1 heterocycles. The van der Waals surface area contributed by atoms with Gasteiger partial charge >= 0.3 is 5.97 Å². The molecular weight excluding hydrogens is 356 g/mol. The maximum absolute atomic E-state index is 12.2. The Morgan fingerprint density at radius 2 is 1.54 bits per heavy atom. The van der Waals surface area contributed by atoms with Gasteiger partial charge in [0, 0.05) is 43.2 Å². The third-order valence-electron chi connectivity index (χ3n) is 4.78. The van der Waals surface area contributed by atoms with E-state index in [2.05, 4.69) is 32.2 Å². The second kappa shape index (κ2) is 9.23. The zero-order chi connectivity index (χ0) is 19.9. The Bertz CT molecular complexity index is 797. The van der Waals surface area contributed by atoms with Crippen LogP contribution < -0.4 is 15.5 Å². The molecule has 0 radical (unpaired) electrons. The number of benzene rings is 2. The molecule has 0 bridgehead atoms. The van der Waals surface area contributed by atoms with E-state index in [1.165, 1.54) is 12.8 Å². The summed E-state index contributed by atoms with van der Waals surface area (Å²) < 4.78 is 4.66. The van der Waals surface area contributed by atoms with Crippen LogP contribution in [0.15, 0.2) is 48.5 Å². The van der Waals surface area contributed by atoms with Gasteiger partial charge in [-0.05, 0) is 55.6 Å². The summed E-state index contributed by atoms with van der Waals surface area (Å²) in [5.41, 5.74) is 3.17. The Morgan fingerprint density at radius 3 is 2.14 bits per heavy atom. The van der Waals surface area contributed by atoms with E-state index in [4.69, 9.17) is 0 Å². The van der Waals surface area contributed by atoms with Gasteiger partial charge in [0.15, 0.2) is 0 Å². The molecule has 148 valence electrons. The first kappa shape index (κ1) is 19.7. The standard InChI is InChI=1S/C21H26N4O3/c1-24-11-13-25(14-12-24)19-9-7-18(8-10-19)23-20(26)15-22-17-5-3-16(4-6-17)21(27)28-2/h3-10,22H,11-15H2,1-2H3,(H,23,26). The van der Waals surface area contributed by atoms with Crippen molar-refractivity contribution in [2.45, 2.75) is 0 Å². The number of nitrogens with one attached hydrogen (secondary N) is 2. The Morgan fingerprint density at radius 1 is 0.929 bits per heavy atom. The summed E-state index contributed by atoms with van der Waals surface area (Å²) in [6, 6.07) is 14.7. The van der Waals surface area contributed by atoms with E-state index in [0.717, 1.165) is 37.6 Å². The lowest BCUT2D eigenvalue weighted by Gasteiger charge is -2.34. The average molecular weight is 382 g/mol. The monoisotopic (exact) mass is 382 g/mol. The van der Waals surface area contributed by atoms with Gasteiger partial charge in [-0.1, -0.05) is 0 Å². The van der Waals surface area contributed by atoms with Crippen LogP contribution in [-0.4, -0.2) is 63.7 Å². The van der Waals surface area contributed by atoms with E-state index >= 15 is 0 Å². The number of piperazine rings is 1. The first-order chi connectivity index (χ1) is 13.5. The van der Waals surface area contributed by atoms with Crippen LogP contribution in [0.1, 0.15) is 10.4 Å². The van der Waals surface area contributed by atoms with Crippen molar-refractivity contribution in [3.8, 4) is 0 Å². The van der Waals surface area contributed by atoms with Gasteiger partial charge in [-0.25, -0.2) is 4.79 Å². The summed E-state index contributed by atoms with van der Waals surface area (Å²) in [4.78, 5) is 28.3. The Kier molecular flexibility index (Phi) is 6.49. The SMILES string of the molecule is COC(=O)c1ccc(NCC(=O)Nc2ccc(N3CCN(C)CC3)cc2)cc1. The quantitative estimate of drug-likeness (QED) is 0.747. The molecule has 2 N–H and O–H groups in total. The summed E-state index contributed by atoms with van der Waals surface area (Å²) >= 11 is 0. The van der Waals surface area contributed by atoms with Gasteiger partial charge in [0.2, 0.25) is 5.91 Å². The summed E-state index contributed by atoms with van der Waals surface area (Å²) in [7, 11) is 3.48. The largest absolute Gasteiger partial charge is 0.465 e. The number of anilines is 3. The first-order valence-electron chi connectivity index (χ1n) is 9.31. The number of carbonyl (C=O) groups is 2. The molecule has 3 rings (SSSR count). The molecule has 1 fully saturated rings. The number of carbonyl (C=O) groups excluding carboxylic acids is 2. The summed E-state index contributed by atoms with van der Waals surface area (Å²) in [6.07, 6.45) is 0. The second-order valence-corrected chi connectivity index (χ2v) is 6.81. The number of amides is 1. The number of likely N-dealkylation sites (N-methyl/N-ethyl adjacent to an activating group) is 1. The van der Waals surface area contributed by atoms with Crippen molar-refractivity contribution in [2.75, 3.05) is 62.4 Å². The van der Waals surface area contributed by atoms with Crippen LogP contribution in [0.4, 0.5) is 17.1 Å². The molecule has 0 aromatic heterocycles. The normalized spacial score (nSPS) is 14.4. The van der Waals surface area contributed by atoms with E-state index < -0.39 is 0 Å². The number of rotatable bonds is 6. The summed E-state index contributed by atoms with van der Waals surface area (Å²) in [5, 5.41) is 5.92. The number of hydrogen-bond donors (Lipinski definition) is 2. The number of methoxy groups -OCH3 is 1. The van der Waals surface area contributed by atoms with E-state index in [-0.39, 0.29) is 18.4 Å². The molecule has 0 aliphatic carbocycles. The smallest absolute Gasteiger partial charge is 0.337 e. The highest BCUT2D eigenvalue weighted by molar-refractivity contribution is 5.94. The van der Waals surface area contributed by atoms with Gasteiger partial charge < -0.3 is 25.2 Å². The van der Waals surface area contributed by atoms with Crippen molar-refractivity contribution in [2.24, 2.45) is 0 Å². The molecule has 1 aliphatic rings. The molecule has 1 aliphatic heterocycles. The summed E-state index contributed by atoms with van der Waals surface area (Å²) in [6.45, 7) is 4.29. The lowest BCUT2D eigenvalue weighted by Crippen LogP contribution is -2.44. The van der Waals surface area contributed by atoms with Crippen molar-refractivity contribution in [3.05, 3.63) is 54.1 Å². The van der Waals surface area contributed by atoms with E-state index in [0.29, 0.717) is 5.56 Å². The lowest BCUT2D eigenvalue weighted by atomic mass is 10.2. The van der Waals surface area contributed by atoms with E-state index in [9.17, 15) is 9.59 Å². The van der Waals surface area contributed by atoms with Gasteiger partial charge in [0.1, 0.15) is 0 Å². The average Bonchev–Trinajstić information content (AvgIpc) is 2.73. The van der Waals surface area contributed by atoms with Crippen LogP contribution in [0.5, 0.6) is 0 Å². The van der Waals surface area contributed by atoms with Gasteiger partial charge in [-0.2, -0.15) is 0 Å². The molecule has 0 unspecified atom stereocenters. The minimum atomic E-state index is -0.385. The van der Waals surface area contributed by atoms with Gasteiger partial charge in [0.25, 0.3) is 0 Å². The maximum atomic E-state index is 12.2. The Balaban J connectivity index is 1.47. The van der Waals surface area contributed by atoms with Crippen molar-refractivity contribution >= 4 is 28.9 Å². The fourth-order valence-corrected chi connectivity index (χ4v) is 3.05. The lowest BCUT2D eigenvalue weighted by molar-refractivity contribution is -0.114. The van der Waals surface area contributed by atoms with Crippen LogP contribution in [0.3, 0.4) is 0 Å². The zero-order valence-electron chi connectivity index (χ0n) is 16.3. The molecule has 1 amide bonds. The molecule has 0 spiro atoms. The molecule has 7 nitrogen and oxygen atoms in total. The van der Waals surface area contributed by atoms with Crippen molar-refractivity contribution < 1.29 is 14.3 Å². The van der Waals surface area contributed by atoms with Crippen LogP contribution in [-0.2, 0) is 9.53 Å². The minimum Gasteiger partial charge on any atom is -0.465 e. The third kappa shape index (κ3) is 5.23. The minimum absolute atomic E-state index is 0.135. The topological polar surface area (TPSA) is 73.9 Å². The van der Waals surface area contributed by atoms with Gasteiger partial charge in [-0.15, -0.1) is 0 Å². The molecular formula is C21H26N4O3.